The number of rotatable bonds is 5. The van der Waals surface area contributed by atoms with Crippen molar-refractivity contribution in [3.05, 3.63) is 56.7 Å². The van der Waals surface area contributed by atoms with E-state index >= 15 is 0 Å². The Bertz CT molecular complexity index is 775. The summed E-state index contributed by atoms with van der Waals surface area (Å²) in [5.74, 6) is 0.827. The summed E-state index contributed by atoms with van der Waals surface area (Å²) in [7, 11) is 0. The molecule has 3 rings (SSSR count). The smallest absolute Gasteiger partial charge is 0.254 e. The van der Waals surface area contributed by atoms with E-state index < -0.39 is 0 Å². The van der Waals surface area contributed by atoms with Gasteiger partial charge in [0, 0.05) is 17.0 Å². The Kier molecular flexibility index (Phi) is 5.33. The average molecular weight is 384 g/mol. The Labute approximate surface area is 154 Å². The summed E-state index contributed by atoms with van der Waals surface area (Å²) in [6.45, 7) is 5.48. The van der Waals surface area contributed by atoms with Crippen molar-refractivity contribution < 1.29 is 14.3 Å². The van der Waals surface area contributed by atoms with Crippen LogP contribution in [0.4, 0.5) is 0 Å². The van der Waals surface area contributed by atoms with Gasteiger partial charge in [0.15, 0.2) is 11.5 Å². The van der Waals surface area contributed by atoms with Gasteiger partial charge in [-0.25, -0.2) is 0 Å². The number of fused-ring (bicyclic) bond motifs is 1. The van der Waals surface area contributed by atoms with Crippen molar-refractivity contribution in [2.24, 2.45) is 0 Å². The molecule has 126 valence electrons. The summed E-state index contributed by atoms with van der Waals surface area (Å²) < 4.78 is 11.7. The van der Waals surface area contributed by atoms with Crippen LogP contribution in [0.5, 0.6) is 11.5 Å². The zero-order chi connectivity index (χ0) is 17.1. The van der Waals surface area contributed by atoms with Crippen LogP contribution in [0.15, 0.2) is 36.9 Å². The number of halogens is 2. The van der Waals surface area contributed by atoms with Gasteiger partial charge in [-0.3, -0.25) is 4.79 Å². The van der Waals surface area contributed by atoms with Crippen LogP contribution >= 0.6 is 34.5 Å². The van der Waals surface area contributed by atoms with Crippen LogP contribution in [0.1, 0.15) is 15.2 Å². The highest BCUT2D eigenvalue weighted by Crippen LogP contribution is 2.38. The van der Waals surface area contributed by atoms with Crippen molar-refractivity contribution in [2.45, 2.75) is 6.54 Å². The lowest BCUT2D eigenvalue weighted by atomic mass is 10.1. The maximum absolute atomic E-state index is 12.9. The molecule has 0 aliphatic carbocycles. The van der Waals surface area contributed by atoms with E-state index in [4.69, 9.17) is 32.7 Å². The highest BCUT2D eigenvalue weighted by atomic mass is 35.5. The first-order valence-corrected chi connectivity index (χ1v) is 8.89. The Morgan fingerprint density at radius 3 is 2.79 bits per heavy atom. The van der Waals surface area contributed by atoms with Crippen LogP contribution in [0.2, 0.25) is 9.36 Å². The van der Waals surface area contributed by atoms with E-state index in [2.05, 4.69) is 6.58 Å². The molecule has 0 radical (unpaired) electrons. The second-order valence-corrected chi connectivity index (χ2v) is 7.37. The highest BCUT2D eigenvalue weighted by molar-refractivity contribution is 7.16. The van der Waals surface area contributed by atoms with Gasteiger partial charge in [0.25, 0.3) is 5.91 Å². The van der Waals surface area contributed by atoms with Gasteiger partial charge in [0.05, 0.1) is 15.9 Å². The number of nitrogens with zero attached hydrogens (tertiary/aromatic N) is 1. The van der Waals surface area contributed by atoms with Crippen molar-refractivity contribution in [3.8, 4) is 11.5 Å². The van der Waals surface area contributed by atoms with E-state index in [0.717, 1.165) is 4.88 Å². The number of amides is 1. The summed E-state index contributed by atoms with van der Waals surface area (Å²) >= 11 is 13.6. The average Bonchev–Trinajstić information content (AvgIpc) is 2.99. The number of benzene rings is 1. The number of hydrogen-bond acceptors (Lipinski definition) is 4. The van der Waals surface area contributed by atoms with Crippen LogP contribution in [0.3, 0.4) is 0 Å². The molecule has 1 aliphatic heterocycles. The first-order valence-electron chi connectivity index (χ1n) is 7.32. The van der Waals surface area contributed by atoms with Crippen molar-refractivity contribution in [1.82, 2.24) is 4.90 Å². The molecule has 4 nitrogen and oxygen atoms in total. The van der Waals surface area contributed by atoms with Crippen molar-refractivity contribution in [1.29, 1.82) is 0 Å². The van der Waals surface area contributed by atoms with Gasteiger partial charge in [-0.1, -0.05) is 29.3 Å². The first kappa shape index (κ1) is 17.1. The van der Waals surface area contributed by atoms with Crippen LogP contribution in [0.25, 0.3) is 0 Å². The van der Waals surface area contributed by atoms with Gasteiger partial charge in [0.1, 0.15) is 13.2 Å². The molecule has 0 bridgehead atoms. The number of hydrogen-bond donors (Lipinski definition) is 0. The molecule has 7 heteroatoms. The van der Waals surface area contributed by atoms with E-state index in [1.54, 1.807) is 23.1 Å². The lowest BCUT2D eigenvalue weighted by molar-refractivity contribution is 0.0763. The Balaban J connectivity index is 1.87. The first-order chi connectivity index (χ1) is 11.6. The minimum absolute atomic E-state index is 0.154. The fourth-order valence-electron chi connectivity index (χ4n) is 2.42. The lowest BCUT2D eigenvalue weighted by Crippen LogP contribution is -2.30. The van der Waals surface area contributed by atoms with E-state index in [-0.39, 0.29) is 5.91 Å². The standard InChI is InChI=1S/C17H15Cl2NO3S/c1-2-5-20(10-12-3-4-15(19)24-12)17(21)11-8-13(18)16-14(9-11)22-6-7-23-16/h2-4,8-9H,1,5-7,10H2. The molecule has 24 heavy (non-hydrogen) atoms. The summed E-state index contributed by atoms with van der Waals surface area (Å²) in [6.07, 6.45) is 1.69. The van der Waals surface area contributed by atoms with Gasteiger partial charge in [-0.05, 0) is 24.3 Å². The van der Waals surface area contributed by atoms with Crippen molar-refractivity contribution >= 4 is 40.4 Å². The van der Waals surface area contributed by atoms with Crippen LogP contribution < -0.4 is 9.47 Å². The van der Waals surface area contributed by atoms with Crippen LogP contribution in [0, 0.1) is 0 Å². The van der Waals surface area contributed by atoms with Gasteiger partial charge in [0.2, 0.25) is 0 Å². The fourth-order valence-corrected chi connectivity index (χ4v) is 3.79. The van der Waals surface area contributed by atoms with E-state index in [0.29, 0.717) is 52.7 Å². The molecule has 0 saturated heterocycles. The summed E-state index contributed by atoms with van der Waals surface area (Å²) in [5, 5.41) is 0.369. The zero-order valence-corrected chi connectivity index (χ0v) is 15.1. The fraction of sp³-hybridized carbons (Fsp3) is 0.235. The van der Waals surface area contributed by atoms with E-state index in [1.165, 1.54) is 11.3 Å². The molecule has 0 spiro atoms. The SMILES string of the molecule is C=CCN(Cc1ccc(Cl)s1)C(=O)c1cc(Cl)c2c(c1)OCCO2. The zero-order valence-electron chi connectivity index (χ0n) is 12.8. The molecule has 1 aromatic heterocycles. The normalized spacial score (nSPS) is 12.8. The lowest BCUT2D eigenvalue weighted by Gasteiger charge is -2.23. The molecule has 1 aromatic carbocycles. The number of carbonyl (C=O) groups is 1. The third-order valence-electron chi connectivity index (χ3n) is 3.46. The van der Waals surface area contributed by atoms with E-state index in [9.17, 15) is 4.79 Å². The second-order valence-electron chi connectivity index (χ2n) is 5.16. The minimum Gasteiger partial charge on any atom is -0.486 e. The molecule has 1 aliphatic rings. The number of carbonyl (C=O) groups excluding carboxylic acids is 1. The predicted molar refractivity (Wildman–Crippen MR) is 96.7 cm³/mol. The largest absolute Gasteiger partial charge is 0.486 e. The third-order valence-corrected chi connectivity index (χ3v) is 4.95. The maximum atomic E-state index is 12.9. The molecule has 0 unspecified atom stereocenters. The van der Waals surface area contributed by atoms with Crippen molar-refractivity contribution in [2.75, 3.05) is 19.8 Å². The van der Waals surface area contributed by atoms with Gasteiger partial charge in [-0.2, -0.15) is 0 Å². The Morgan fingerprint density at radius 1 is 1.29 bits per heavy atom. The Hall–Kier alpha value is -1.69. The van der Waals surface area contributed by atoms with Crippen molar-refractivity contribution in [3.63, 3.8) is 0 Å². The molecule has 1 amide bonds. The predicted octanol–water partition coefficient (Wildman–Crippen LogP) is 4.65. The highest BCUT2D eigenvalue weighted by Gasteiger charge is 2.22. The molecule has 0 saturated carbocycles. The molecule has 2 aromatic rings. The van der Waals surface area contributed by atoms with E-state index in [1.807, 2.05) is 12.1 Å². The molecule has 0 atom stereocenters. The van der Waals surface area contributed by atoms with Gasteiger partial charge in [-0.15, -0.1) is 17.9 Å². The third kappa shape index (κ3) is 3.69. The number of ether oxygens (including phenoxy) is 2. The summed E-state index contributed by atoms with van der Waals surface area (Å²) in [4.78, 5) is 15.6. The van der Waals surface area contributed by atoms with Gasteiger partial charge >= 0.3 is 0 Å². The quantitative estimate of drug-likeness (QED) is 0.705. The summed E-state index contributed by atoms with van der Waals surface area (Å²) in [5.41, 5.74) is 0.453. The van der Waals surface area contributed by atoms with Crippen LogP contribution in [-0.2, 0) is 6.54 Å². The monoisotopic (exact) mass is 383 g/mol. The number of thiophene rings is 1. The molecule has 0 fully saturated rings. The minimum atomic E-state index is -0.154. The molecule has 0 N–H and O–H groups in total. The molecular formula is C17H15Cl2NO3S. The topological polar surface area (TPSA) is 38.8 Å². The molecule has 2 heterocycles. The summed E-state index contributed by atoms with van der Waals surface area (Å²) in [6, 6.07) is 7.00. The second kappa shape index (κ2) is 7.47. The maximum Gasteiger partial charge on any atom is 0.254 e. The Morgan fingerprint density at radius 2 is 2.08 bits per heavy atom. The van der Waals surface area contributed by atoms with Gasteiger partial charge < -0.3 is 14.4 Å². The molecular weight excluding hydrogens is 369 g/mol. The van der Waals surface area contributed by atoms with Crippen LogP contribution in [-0.4, -0.2) is 30.6 Å².